The third-order valence-electron chi connectivity index (χ3n) is 4.74. The number of anilines is 1. The summed E-state index contributed by atoms with van der Waals surface area (Å²) in [4.78, 5) is 26.5. The standard InChI is InChI=1S/C22H24F2N2O4/c1-2-29-20-12-15(22(28)25-18-13-16(23)7-8-17(18)24)6-9-19(20)30-14-21(27)26-10-4-3-5-11-26/h6-9,12-13H,2-5,10-11,14H2,1H3,(H,25,28). The second-order valence-electron chi connectivity index (χ2n) is 6.90. The molecule has 2 aromatic rings. The molecule has 1 aliphatic heterocycles. The second kappa shape index (κ2) is 10.0. The van der Waals surface area contributed by atoms with Crippen LogP contribution in [0.2, 0.25) is 0 Å². The zero-order valence-electron chi connectivity index (χ0n) is 16.7. The van der Waals surface area contributed by atoms with Crippen LogP contribution in [0, 0.1) is 11.6 Å². The molecule has 0 bridgehead atoms. The third-order valence-corrected chi connectivity index (χ3v) is 4.74. The van der Waals surface area contributed by atoms with Crippen LogP contribution in [0.5, 0.6) is 11.5 Å². The van der Waals surface area contributed by atoms with Gasteiger partial charge in [-0.15, -0.1) is 0 Å². The molecule has 1 heterocycles. The Morgan fingerprint density at radius 2 is 1.77 bits per heavy atom. The van der Waals surface area contributed by atoms with Gasteiger partial charge in [0.25, 0.3) is 11.8 Å². The van der Waals surface area contributed by atoms with Crippen LogP contribution in [0.25, 0.3) is 0 Å². The van der Waals surface area contributed by atoms with Gasteiger partial charge in [-0.25, -0.2) is 8.78 Å². The minimum absolute atomic E-state index is 0.0967. The summed E-state index contributed by atoms with van der Waals surface area (Å²) in [5, 5.41) is 2.34. The van der Waals surface area contributed by atoms with Crippen molar-refractivity contribution in [3.8, 4) is 11.5 Å². The van der Waals surface area contributed by atoms with Crippen molar-refractivity contribution in [2.75, 3.05) is 31.6 Å². The van der Waals surface area contributed by atoms with Crippen molar-refractivity contribution in [2.24, 2.45) is 0 Å². The summed E-state index contributed by atoms with van der Waals surface area (Å²) in [6.07, 6.45) is 3.11. The fraction of sp³-hybridized carbons (Fsp3) is 0.364. The summed E-state index contributed by atoms with van der Waals surface area (Å²) in [5.41, 5.74) is -0.0813. The van der Waals surface area contributed by atoms with E-state index in [-0.39, 0.29) is 29.5 Å². The SMILES string of the molecule is CCOc1cc(C(=O)Nc2cc(F)ccc2F)ccc1OCC(=O)N1CCCCC1. The van der Waals surface area contributed by atoms with Crippen molar-refractivity contribution in [3.63, 3.8) is 0 Å². The van der Waals surface area contributed by atoms with Crippen molar-refractivity contribution in [1.29, 1.82) is 0 Å². The Hall–Kier alpha value is -3.16. The Morgan fingerprint density at radius 3 is 2.50 bits per heavy atom. The van der Waals surface area contributed by atoms with Crippen LogP contribution in [0.3, 0.4) is 0 Å². The molecule has 1 fully saturated rings. The number of piperidine rings is 1. The smallest absolute Gasteiger partial charge is 0.260 e. The van der Waals surface area contributed by atoms with Crippen LogP contribution >= 0.6 is 0 Å². The van der Waals surface area contributed by atoms with Crippen molar-refractivity contribution in [2.45, 2.75) is 26.2 Å². The van der Waals surface area contributed by atoms with Gasteiger partial charge in [0.15, 0.2) is 18.1 Å². The average molecular weight is 418 g/mol. The molecular formula is C22H24F2N2O4. The largest absolute Gasteiger partial charge is 0.490 e. The number of carbonyl (C=O) groups is 2. The number of likely N-dealkylation sites (tertiary alicyclic amines) is 1. The normalized spacial score (nSPS) is 13.6. The molecule has 30 heavy (non-hydrogen) atoms. The highest BCUT2D eigenvalue weighted by Gasteiger charge is 2.19. The minimum Gasteiger partial charge on any atom is -0.490 e. The fourth-order valence-electron chi connectivity index (χ4n) is 3.20. The molecule has 1 saturated heterocycles. The van der Waals surface area contributed by atoms with Crippen LogP contribution < -0.4 is 14.8 Å². The first-order valence-corrected chi connectivity index (χ1v) is 9.91. The second-order valence-corrected chi connectivity index (χ2v) is 6.90. The van der Waals surface area contributed by atoms with Gasteiger partial charge in [-0.1, -0.05) is 0 Å². The molecular weight excluding hydrogens is 394 g/mol. The predicted octanol–water partition coefficient (Wildman–Crippen LogP) is 4.01. The van der Waals surface area contributed by atoms with Gasteiger partial charge in [-0.3, -0.25) is 9.59 Å². The summed E-state index contributed by atoms with van der Waals surface area (Å²) in [7, 11) is 0. The quantitative estimate of drug-likeness (QED) is 0.738. The molecule has 0 unspecified atom stereocenters. The van der Waals surface area contributed by atoms with Crippen LogP contribution in [0.15, 0.2) is 36.4 Å². The molecule has 1 aliphatic rings. The van der Waals surface area contributed by atoms with E-state index in [0.717, 1.165) is 50.6 Å². The lowest BCUT2D eigenvalue weighted by Gasteiger charge is -2.26. The van der Waals surface area contributed by atoms with Gasteiger partial charge in [0.1, 0.15) is 11.6 Å². The highest BCUT2D eigenvalue weighted by Crippen LogP contribution is 2.29. The van der Waals surface area contributed by atoms with Crippen LogP contribution in [-0.4, -0.2) is 43.0 Å². The third kappa shape index (κ3) is 5.46. The number of nitrogens with one attached hydrogen (secondary N) is 1. The van der Waals surface area contributed by atoms with Crippen LogP contribution in [0.4, 0.5) is 14.5 Å². The number of halogens is 2. The van der Waals surface area contributed by atoms with Crippen molar-refractivity contribution in [3.05, 3.63) is 53.6 Å². The van der Waals surface area contributed by atoms with E-state index in [1.54, 1.807) is 11.8 Å². The Balaban J connectivity index is 1.70. The van der Waals surface area contributed by atoms with E-state index in [1.165, 1.54) is 18.2 Å². The van der Waals surface area contributed by atoms with Gasteiger partial charge in [0, 0.05) is 24.7 Å². The van der Waals surface area contributed by atoms with Crippen molar-refractivity contribution in [1.82, 2.24) is 4.90 Å². The monoisotopic (exact) mass is 418 g/mol. The maximum atomic E-state index is 13.8. The molecule has 0 aliphatic carbocycles. The Labute approximate surface area is 173 Å². The van der Waals surface area contributed by atoms with Gasteiger partial charge < -0.3 is 19.7 Å². The number of benzene rings is 2. The Morgan fingerprint density at radius 1 is 1.00 bits per heavy atom. The molecule has 0 radical (unpaired) electrons. The van der Waals surface area contributed by atoms with E-state index in [0.29, 0.717) is 12.4 Å². The lowest BCUT2D eigenvalue weighted by Crippen LogP contribution is -2.38. The Kier molecular flexibility index (Phi) is 7.21. The lowest BCUT2D eigenvalue weighted by molar-refractivity contribution is -0.134. The van der Waals surface area contributed by atoms with E-state index in [2.05, 4.69) is 5.32 Å². The van der Waals surface area contributed by atoms with E-state index in [9.17, 15) is 18.4 Å². The predicted molar refractivity (Wildman–Crippen MR) is 108 cm³/mol. The van der Waals surface area contributed by atoms with Gasteiger partial charge in [-0.2, -0.15) is 0 Å². The molecule has 160 valence electrons. The summed E-state index contributed by atoms with van der Waals surface area (Å²) < 4.78 is 38.3. The number of hydrogen-bond donors (Lipinski definition) is 1. The maximum absolute atomic E-state index is 13.8. The van der Waals surface area contributed by atoms with Gasteiger partial charge in [-0.05, 0) is 56.5 Å². The zero-order valence-corrected chi connectivity index (χ0v) is 16.7. The summed E-state index contributed by atoms with van der Waals surface area (Å²) in [6, 6.07) is 7.24. The maximum Gasteiger partial charge on any atom is 0.260 e. The molecule has 0 aromatic heterocycles. The summed E-state index contributed by atoms with van der Waals surface area (Å²) >= 11 is 0. The number of ether oxygens (including phenoxy) is 2. The molecule has 3 rings (SSSR count). The molecule has 6 nitrogen and oxygen atoms in total. The summed E-state index contributed by atoms with van der Waals surface area (Å²) in [5.74, 6) is -1.52. The van der Waals surface area contributed by atoms with E-state index >= 15 is 0 Å². The average Bonchev–Trinajstić information content (AvgIpc) is 2.76. The molecule has 8 heteroatoms. The number of carbonyl (C=O) groups excluding carboxylic acids is 2. The number of hydrogen-bond acceptors (Lipinski definition) is 4. The van der Waals surface area contributed by atoms with Crippen LogP contribution in [0.1, 0.15) is 36.5 Å². The summed E-state index contributed by atoms with van der Waals surface area (Å²) in [6.45, 7) is 3.43. The lowest BCUT2D eigenvalue weighted by atomic mass is 10.1. The first-order valence-electron chi connectivity index (χ1n) is 9.91. The molecule has 0 spiro atoms. The van der Waals surface area contributed by atoms with Gasteiger partial charge in [0.2, 0.25) is 0 Å². The van der Waals surface area contributed by atoms with Crippen molar-refractivity contribution < 1.29 is 27.8 Å². The highest BCUT2D eigenvalue weighted by atomic mass is 19.1. The Bertz CT molecular complexity index is 914. The molecule has 0 saturated carbocycles. The van der Waals surface area contributed by atoms with E-state index in [1.807, 2.05) is 0 Å². The molecule has 2 amide bonds. The van der Waals surface area contributed by atoms with Gasteiger partial charge >= 0.3 is 0 Å². The van der Waals surface area contributed by atoms with E-state index in [4.69, 9.17) is 9.47 Å². The first-order chi connectivity index (χ1) is 14.5. The fourth-order valence-corrected chi connectivity index (χ4v) is 3.20. The van der Waals surface area contributed by atoms with Crippen molar-refractivity contribution >= 4 is 17.5 Å². The highest BCUT2D eigenvalue weighted by molar-refractivity contribution is 6.04. The van der Waals surface area contributed by atoms with Gasteiger partial charge in [0.05, 0.1) is 12.3 Å². The topological polar surface area (TPSA) is 67.9 Å². The number of amides is 2. The number of nitrogens with zero attached hydrogens (tertiary/aromatic N) is 1. The first kappa shape index (κ1) is 21.5. The van der Waals surface area contributed by atoms with Crippen LogP contribution in [-0.2, 0) is 4.79 Å². The minimum atomic E-state index is -0.744. The number of rotatable bonds is 7. The zero-order chi connectivity index (χ0) is 21.5. The van der Waals surface area contributed by atoms with E-state index < -0.39 is 17.5 Å². The molecule has 2 aromatic carbocycles. The molecule has 0 atom stereocenters. The molecule has 1 N–H and O–H groups in total.